The van der Waals surface area contributed by atoms with E-state index in [9.17, 15) is 66.3 Å². The lowest BCUT2D eigenvalue weighted by atomic mass is 9.83. The van der Waals surface area contributed by atoms with Crippen LogP contribution in [0.15, 0.2) is 24.3 Å². The highest BCUT2D eigenvalue weighted by Crippen LogP contribution is 2.29. The van der Waals surface area contributed by atoms with Gasteiger partial charge in [0.1, 0.15) is 47.8 Å². The summed E-state index contributed by atoms with van der Waals surface area (Å²) in [6.45, 7) is 3.35. The highest BCUT2D eigenvalue weighted by Gasteiger charge is 2.41. The molecule has 1 saturated heterocycles. The Hall–Kier alpha value is -6.66. The summed E-state index contributed by atoms with van der Waals surface area (Å²) in [6, 6.07) is -3.80. The number of nitrogens with one attached hydrogen (secondary N) is 7. The van der Waals surface area contributed by atoms with Crippen LogP contribution >= 0.6 is 0 Å². The zero-order valence-electron chi connectivity index (χ0n) is 41.0. The molecule has 3 aliphatic rings. The van der Waals surface area contributed by atoms with Crippen molar-refractivity contribution in [2.75, 3.05) is 24.6 Å². The number of benzene rings is 1. The molecule has 12 N–H and O–H groups in total. The Balaban J connectivity index is 1.72. The van der Waals surface area contributed by atoms with Crippen LogP contribution in [-0.4, -0.2) is 150 Å². The second-order valence-corrected chi connectivity index (χ2v) is 21.3. The van der Waals surface area contributed by atoms with Gasteiger partial charge in [0.2, 0.25) is 59.1 Å². The largest absolute Gasteiger partial charge is 0.508 e. The molecule has 2 aliphatic carbocycles. The monoisotopic (exact) mass is 1030 g/mol. The fourth-order valence-corrected chi connectivity index (χ4v) is 9.85. The highest BCUT2D eigenvalue weighted by atomic mass is 32.2. The van der Waals surface area contributed by atoms with E-state index < -0.39 is 180 Å². The second-order valence-electron chi connectivity index (χ2n) is 19.0. The summed E-state index contributed by atoms with van der Waals surface area (Å²) in [5.41, 5.74) is 11.1. The molecule has 24 nitrogen and oxygen atoms in total. The first-order valence-electron chi connectivity index (χ1n) is 24.4. The number of phenols is 1. The lowest BCUT2D eigenvalue weighted by molar-refractivity contribution is -0.141. The number of hydrogen-bond acceptors (Lipinski definition) is 14. The van der Waals surface area contributed by atoms with Crippen LogP contribution in [0.5, 0.6) is 5.75 Å². The summed E-state index contributed by atoms with van der Waals surface area (Å²) >= 11 is 0. The zero-order chi connectivity index (χ0) is 53.3. The molecular weight excluding hydrogens is 961 g/mol. The van der Waals surface area contributed by atoms with Gasteiger partial charge in [0.15, 0.2) is 9.84 Å². The number of amides is 10. The van der Waals surface area contributed by atoms with Gasteiger partial charge < -0.3 is 58.7 Å². The van der Waals surface area contributed by atoms with Gasteiger partial charge >= 0.3 is 0 Å². The molecule has 0 aromatic heterocycles. The van der Waals surface area contributed by atoms with Crippen molar-refractivity contribution in [3.8, 4) is 5.75 Å². The Bertz CT molecular complexity index is 2290. The quantitative estimate of drug-likeness (QED) is 0.0728. The number of nitrogens with zero attached hydrogens (tertiary/aromatic N) is 1. The summed E-state index contributed by atoms with van der Waals surface area (Å²) in [4.78, 5) is 149. The number of aromatic hydroxyl groups is 1. The van der Waals surface area contributed by atoms with Gasteiger partial charge in [0, 0.05) is 31.7 Å². The maximum atomic E-state index is 14.6. The number of primary amides is 2. The topological polar surface area (TPSA) is 382 Å². The third kappa shape index (κ3) is 18.8. The molecular formula is C47H70N10O14S. The molecule has 2 saturated carbocycles. The van der Waals surface area contributed by atoms with Gasteiger partial charge in [-0.15, -0.1) is 0 Å². The Labute approximate surface area is 418 Å². The van der Waals surface area contributed by atoms with Crippen LogP contribution in [0.25, 0.3) is 0 Å². The molecule has 10 amide bonds. The van der Waals surface area contributed by atoms with Crippen molar-refractivity contribution in [2.24, 2.45) is 23.3 Å². The van der Waals surface area contributed by atoms with Crippen LogP contribution in [0, 0.1) is 11.8 Å². The zero-order valence-corrected chi connectivity index (χ0v) is 41.8. The molecule has 3 fully saturated rings. The average Bonchev–Trinajstić information content (AvgIpc) is 4.18. The minimum absolute atomic E-state index is 0.0809. The summed E-state index contributed by atoms with van der Waals surface area (Å²) < 4.78 is 27.4. The minimum atomic E-state index is -4.26. The Kier molecular flexibility index (Phi) is 21.9. The van der Waals surface area contributed by atoms with E-state index in [2.05, 4.69) is 37.2 Å². The fourth-order valence-electron chi connectivity index (χ4n) is 8.56. The molecule has 1 heterocycles. The normalized spacial score (nSPS) is 23.8. The molecule has 25 heteroatoms. The number of ketones is 1. The van der Waals surface area contributed by atoms with Crippen LogP contribution < -0.4 is 48.7 Å². The van der Waals surface area contributed by atoms with Crippen LogP contribution in [0.1, 0.15) is 110 Å². The summed E-state index contributed by atoms with van der Waals surface area (Å²) in [7, 11) is -4.26. The third-order valence-electron chi connectivity index (χ3n) is 13.0. The first-order chi connectivity index (χ1) is 34.0. The second kappa shape index (κ2) is 27.2. The summed E-state index contributed by atoms with van der Waals surface area (Å²) in [6.07, 6.45) is 1.84. The van der Waals surface area contributed by atoms with Crippen molar-refractivity contribution >= 4 is 74.7 Å². The Morgan fingerprint density at radius 2 is 1.40 bits per heavy atom. The SMILES string of the molecule is CC[C@H](C)[C@@H]1NC(=O)[C@H](Cc2ccc(O)cc2)NC(=O)CCS(=O)(=O)CC[C@@H](C(=O)N(CC(=O)N[C@H](C(=O)NCC(N)=O)C2CCCCC2)C2CC2)NC(=O)[C@H](CC(C)=O)NC(=O)[C@H](CCC(N)=O)NC1=O. The van der Waals surface area contributed by atoms with E-state index in [-0.39, 0.29) is 18.1 Å². The van der Waals surface area contributed by atoms with Crippen molar-refractivity contribution in [3.63, 3.8) is 0 Å². The molecule has 1 aromatic rings. The molecule has 0 bridgehead atoms. The maximum absolute atomic E-state index is 14.6. The van der Waals surface area contributed by atoms with E-state index in [4.69, 9.17) is 11.5 Å². The van der Waals surface area contributed by atoms with Gasteiger partial charge in [-0.1, -0.05) is 51.7 Å². The number of carbonyl (C=O) groups excluding carboxylic acids is 11. The number of hydrogen-bond donors (Lipinski definition) is 10. The van der Waals surface area contributed by atoms with E-state index in [1.54, 1.807) is 13.8 Å². The fraction of sp³-hybridized carbons (Fsp3) is 0.638. The average molecular weight is 1030 g/mol. The van der Waals surface area contributed by atoms with Gasteiger partial charge in [0.25, 0.3) is 0 Å². The highest BCUT2D eigenvalue weighted by molar-refractivity contribution is 7.91. The van der Waals surface area contributed by atoms with Crippen LogP contribution in [-0.2, 0) is 69.0 Å². The number of Topliss-reactive ketones (excluding diaryl/α,β-unsaturated/α-hetero) is 1. The number of sulfone groups is 1. The maximum Gasteiger partial charge on any atom is 0.245 e. The predicted molar refractivity (Wildman–Crippen MR) is 258 cm³/mol. The van der Waals surface area contributed by atoms with Gasteiger partial charge in [-0.25, -0.2) is 8.42 Å². The van der Waals surface area contributed by atoms with Crippen molar-refractivity contribution in [1.29, 1.82) is 0 Å². The number of phenolic OH excluding ortho intramolecular Hbond substituents is 1. The van der Waals surface area contributed by atoms with Gasteiger partial charge in [-0.05, 0) is 75.0 Å². The molecule has 7 atom stereocenters. The number of rotatable bonds is 18. The first kappa shape index (κ1) is 57.9. The van der Waals surface area contributed by atoms with E-state index in [1.807, 2.05) is 0 Å². The smallest absolute Gasteiger partial charge is 0.245 e. The number of nitrogens with two attached hydrogens (primary N) is 2. The molecule has 0 spiro atoms. The molecule has 0 radical (unpaired) electrons. The lowest BCUT2D eigenvalue weighted by Gasteiger charge is -2.32. The molecule has 1 aromatic carbocycles. The lowest BCUT2D eigenvalue weighted by Crippen LogP contribution is -2.61. The van der Waals surface area contributed by atoms with E-state index in [1.165, 1.54) is 24.3 Å². The molecule has 1 aliphatic heterocycles. The first-order valence-corrected chi connectivity index (χ1v) is 26.2. The predicted octanol–water partition coefficient (Wildman–Crippen LogP) is -2.48. The van der Waals surface area contributed by atoms with Crippen LogP contribution in [0.4, 0.5) is 0 Å². The number of carbonyl (C=O) groups is 11. The van der Waals surface area contributed by atoms with Gasteiger partial charge in [0.05, 0.1) is 24.6 Å². The molecule has 398 valence electrons. The van der Waals surface area contributed by atoms with E-state index in [0.29, 0.717) is 37.7 Å². The Morgan fingerprint density at radius 3 is 2.00 bits per heavy atom. The van der Waals surface area contributed by atoms with Crippen LogP contribution in [0.3, 0.4) is 0 Å². The Morgan fingerprint density at radius 1 is 0.778 bits per heavy atom. The van der Waals surface area contributed by atoms with Crippen molar-refractivity contribution < 1.29 is 66.3 Å². The molecule has 72 heavy (non-hydrogen) atoms. The van der Waals surface area contributed by atoms with Crippen molar-refractivity contribution in [1.82, 2.24) is 42.1 Å². The van der Waals surface area contributed by atoms with Crippen molar-refractivity contribution in [2.45, 2.75) is 153 Å². The standard InChI is InChI=1S/C47H70N10O14S/c1-4-26(2)40-46(68)52-32(16-17-36(48)60)42(64)54-34(22-27(3)58)43(65)53-33(18-20-72(70,71)21-19-38(62)51-35(44(66)56-40)23-28-10-14-31(59)15-11-28)47(69)57(30-12-13-30)25-39(63)55-41(29-8-6-5-7-9-29)45(67)50-24-37(49)61/h10-11,14-15,26,29-30,32-35,40-41,59H,4-9,12-13,16-25H2,1-3H3,(H2,48,60)(H2,49,61)(H,50,67)(H,51,62)(H,52,68)(H,53,65)(H,54,64)(H,55,63)(H,56,66)/t26-,32-,33-,34-,35-,40-,41-/m0/s1. The summed E-state index contributed by atoms with van der Waals surface area (Å²) in [5.74, 6) is -12.0. The summed E-state index contributed by atoms with van der Waals surface area (Å²) in [5, 5.41) is 27.6. The van der Waals surface area contributed by atoms with Gasteiger partial charge in [-0.3, -0.25) is 52.7 Å². The molecule has 0 unspecified atom stereocenters. The van der Waals surface area contributed by atoms with Crippen LogP contribution in [0.2, 0.25) is 0 Å². The van der Waals surface area contributed by atoms with Crippen molar-refractivity contribution in [3.05, 3.63) is 29.8 Å². The molecule has 4 rings (SSSR count). The third-order valence-corrected chi connectivity index (χ3v) is 14.7. The minimum Gasteiger partial charge on any atom is -0.508 e. The van der Waals surface area contributed by atoms with E-state index in [0.717, 1.165) is 31.1 Å². The van der Waals surface area contributed by atoms with Gasteiger partial charge in [-0.2, -0.15) is 0 Å². The van der Waals surface area contributed by atoms with E-state index >= 15 is 0 Å².